The van der Waals surface area contributed by atoms with E-state index in [1.54, 1.807) is 0 Å². The fourth-order valence-electron chi connectivity index (χ4n) is 0.862. The number of nitrogens with one attached hydrogen (secondary N) is 2. The molecule has 1 rings (SSSR count). The van der Waals surface area contributed by atoms with Crippen LogP contribution in [0.4, 0.5) is 0 Å². The summed E-state index contributed by atoms with van der Waals surface area (Å²) in [6, 6.07) is 0.400. The van der Waals surface area contributed by atoms with Crippen molar-refractivity contribution in [3.05, 3.63) is 11.9 Å². The standard InChI is InChI=1S/C6H11ClN2/c1-5-3-8-4-6(2-7)9-5/h3,6,8-9H,2,4H2,1H3. The van der Waals surface area contributed by atoms with Gasteiger partial charge in [0.25, 0.3) is 0 Å². The van der Waals surface area contributed by atoms with Crippen molar-refractivity contribution in [2.75, 3.05) is 12.4 Å². The first-order valence-electron chi connectivity index (χ1n) is 3.05. The van der Waals surface area contributed by atoms with Crippen LogP contribution in [0.25, 0.3) is 0 Å². The normalized spacial score (nSPS) is 26.0. The van der Waals surface area contributed by atoms with Crippen molar-refractivity contribution in [3.63, 3.8) is 0 Å². The molecule has 0 aromatic carbocycles. The number of hydrogen-bond donors (Lipinski definition) is 2. The van der Waals surface area contributed by atoms with E-state index in [1.165, 1.54) is 0 Å². The van der Waals surface area contributed by atoms with E-state index in [2.05, 4.69) is 10.6 Å². The molecule has 2 N–H and O–H groups in total. The van der Waals surface area contributed by atoms with Gasteiger partial charge in [0.05, 0.1) is 6.04 Å². The summed E-state index contributed by atoms with van der Waals surface area (Å²) in [4.78, 5) is 0. The maximum absolute atomic E-state index is 5.62. The average Bonchev–Trinajstić information content (AvgIpc) is 1.88. The summed E-state index contributed by atoms with van der Waals surface area (Å²) in [5.74, 6) is 0.665. The number of hydrogen-bond acceptors (Lipinski definition) is 2. The highest BCUT2D eigenvalue weighted by Gasteiger charge is 2.08. The maximum Gasteiger partial charge on any atom is 0.0566 e. The first kappa shape index (κ1) is 6.75. The molecule has 0 saturated heterocycles. The van der Waals surface area contributed by atoms with Crippen molar-refractivity contribution < 1.29 is 0 Å². The molecule has 3 heteroatoms. The summed E-state index contributed by atoms with van der Waals surface area (Å²) >= 11 is 5.62. The lowest BCUT2D eigenvalue weighted by molar-refractivity contribution is 0.556. The lowest BCUT2D eigenvalue weighted by Gasteiger charge is -2.22. The van der Waals surface area contributed by atoms with Crippen LogP contribution in [0.1, 0.15) is 6.92 Å². The van der Waals surface area contributed by atoms with Crippen molar-refractivity contribution in [1.29, 1.82) is 0 Å². The van der Waals surface area contributed by atoms with Crippen LogP contribution in [0, 0.1) is 0 Å². The van der Waals surface area contributed by atoms with Gasteiger partial charge in [-0.2, -0.15) is 0 Å². The van der Waals surface area contributed by atoms with Crippen molar-refractivity contribution in [3.8, 4) is 0 Å². The van der Waals surface area contributed by atoms with Crippen LogP contribution in [0.15, 0.2) is 11.9 Å². The van der Waals surface area contributed by atoms with Crippen LogP contribution in [0.2, 0.25) is 0 Å². The Balaban J connectivity index is 2.39. The Labute approximate surface area is 60.3 Å². The highest BCUT2D eigenvalue weighted by Crippen LogP contribution is 1.96. The summed E-state index contributed by atoms with van der Waals surface area (Å²) in [6.45, 7) is 2.95. The van der Waals surface area contributed by atoms with Gasteiger partial charge in [-0.1, -0.05) is 0 Å². The zero-order valence-corrected chi connectivity index (χ0v) is 6.20. The first-order chi connectivity index (χ1) is 4.33. The van der Waals surface area contributed by atoms with E-state index in [0.29, 0.717) is 11.9 Å². The summed E-state index contributed by atoms with van der Waals surface area (Å²) < 4.78 is 0. The van der Waals surface area contributed by atoms with Gasteiger partial charge < -0.3 is 10.6 Å². The van der Waals surface area contributed by atoms with Crippen molar-refractivity contribution in [2.24, 2.45) is 0 Å². The Morgan fingerprint density at radius 1 is 1.89 bits per heavy atom. The fourth-order valence-corrected chi connectivity index (χ4v) is 1.05. The van der Waals surface area contributed by atoms with Crippen molar-refractivity contribution >= 4 is 11.6 Å². The molecule has 9 heavy (non-hydrogen) atoms. The second-order valence-electron chi connectivity index (χ2n) is 2.23. The first-order valence-corrected chi connectivity index (χ1v) is 3.59. The molecule has 0 amide bonds. The minimum Gasteiger partial charge on any atom is -0.387 e. The van der Waals surface area contributed by atoms with Gasteiger partial charge >= 0.3 is 0 Å². The molecule has 0 fully saturated rings. The molecule has 1 aliphatic heterocycles. The fraction of sp³-hybridized carbons (Fsp3) is 0.667. The molecule has 1 aliphatic rings. The molecule has 0 bridgehead atoms. The predicted octanol–water partition coefficient (Wildman–Crippen LogP) is 0.648. The Morgan fingerprint density at radius 2 is 2.67 bits per heavy atom. The lowest BCUT2D eigenvalue weighted by atomic mass is 10.3. The third-order valence-electron chi connectivity index (χ3n) is 1.30. The Kier molecular flexibility index (Phi) is 2.22. The molecule has 0 spiro atoms. The van der Waals surface area contributed by atoms with Crippen LogP contribution in [0.5, 0.6) is 0 Å². The van der Waals surface area contributed by atoms with Gasteiger partial charge in [0.15, 0.2) is 0 Å². The Bertz CT molecular complexity index is 122. The second kappa shape index (κ2) is 2.97. The van der Waals surface area contributed by atoms with Crippen LogP contribution < -0.4 is 10.6 Å². The van der Waals surface area contributed by atoms with Crippen LogP contribution in [-0.2, 0) is 0 Å². The lowest BCUT2D eigenvalue weighted by Crippen LogP contribution is -2.41. The number of alkyl halides is 1. The van der Waals surface area contributed by atoms with E-state index in [0.717, 1.165) is 12.2 Å². The van der Waals surface area contributed by atoms with Gasteiger partial charge in [-0.15, -0.1) is 11.6 Å². The zero-order chi connectivity index (χ0) is 6.69. The average molecular weight is 147 g/mol. The van der Waals surface area contributed by atoms with Crippen molar-refractivity contribution in [2.45, 2.75) is 13.0 Å². The van der Waals surface area contributed by atoms with E-state index >= 15 is 0 Å². The summed E-state index contributed by atoms with van der Waals surface area (Å²) in [6.07, 6.45) is 1.96. The van der Waals surface area contributed by atoms with E-state index in [-0.39, 0.29) is 0 Å². The van der Waals surface area contributed by atoms with E-state index in [1.807, 2.05) is 13.1 Å². The van der Waals surface area contributed by atoms with E-state index in [4.69, 9.17) is 11.6 Å². The smallest absolute Gasteiger partial charge is 0.0566 e. The van der Waals surface area contributed by atoms with Gasteiger partial charge in [-0.05, 0) is 6.92 Å². The molecular weight excluding hydrogens is 136 g/mol. The molecular formula is C6H11ClN2. The predicted molar refractivity (Wildman–Crippen MR) is 39.4 cm³/mol. The molecule has 1 atom stereocenters. The van der Waals surface area contributed by atoms with Gasteiger partial charge in [-0.3, -0.25) is 0 Å². The van der Waals surface area contributed by atoms with Gasteiger partial charge in [-0.25, -0.2) is 0 Å². The Hall–Kier alpha value is -0.370. The summed E-state index contributed by atoms with van der Waals surface area (Å²) in [7, 11) is 0. The quantitative estimate of drug-likeness (QED) is 0.531. The minimum atomic E-state index is 0.400. The number of allylic oxidation sites excluding steroid dienone is 1. The number of rotatable bonds is 1. The van der Waals surface area contributed by atoms with Crippen LogP contribution in [0.3, 0.4) is 0 Å². The largest absolute Gasteiger partial charge is 0.387 e. The SMILES string of the molecule is CC1=CNCC(CCl)N1. The number of halogens is 1. The second-order valence-corrected chi connectivity index (χ2v) is 2.54. The van der Waals surface area contributed by atoms with Crippen LogP contribution in [-0.4, -0.2) is 18.5 Å². The summed E-state index contributed by atoms with van der Waals surface area (Å²) in [5.41, 5.74) is 1.16. The molecule has 1 heterocycles. The molecule has 0 aliphatic carbocycles. The summed E-state index contributed by atoms with van der Waals surface area (Å²) in [5, 5.41) is 6.36. The molecule has 2 nitrogen and oxygen atoms in total. The zero-order valence-electron chi connectivity index (χ0n) is 5.45. The molecule has 0 aromatic heterocycles. The minimum absolute atomic E-state index is 0.400. The highest BCUT2D eigenvalue weighted by atomic mass is 35.5. The third-order valence-corrected chi connectivity index (χ3v) is 1.67. The highest BCUT2D eigenvalue weighted by molar-refractivity contribution is 6.18. The van der Waals surface area contributed by atoms with E-state index in [9.17, 15) is 0 Å². The van der Waals surface area contributed by atoms with E-state index < -0.39 is 0 Å². The van der Waals surface area contributed by atoms with Crippen LogP contribution >= 0.6 is 11.6 Å². The molecule has 0 radical (unpaired) electrons. The maximum atomic E-state index is 5.62. The van der Waals surface area contributed by atoms with Gasteiger partial charge in [0, 0.05) is 24.3 Å². The molecule has 1 unspecified atom stereocenters. The Morgan fingerprint density at radius 3 is 3.11 bits per heavy atom. The van der Waals surface area contributed by atoms with Gasteiger partial charge in [0.1, 0.15) is 0 Å². The molecule has 52 valence electrons. The monoisotopic (exact) mass is 146 g/mol. The molecule has 0 saturated carbocycles. The van der Waals surface area contributed by atoms with Crippen molar-refractivity contribution in [1.82, 2.24) is 10.6 Å². The topological polar surface area (TPSA) is 24.1 Å². The van der Waals surface area contributed by atoms with Gasteiger partial charge in [0.2, 0.25) is 0 Å². The third kappa shape index (κ3) is 1.79. The molecule has 0 aromatic rings.